The van der Waals surface area contributed by atoms with Crippen LogP contribution in [-0.2, 0) is 28.6 Å². The van der Waals surface area contributed by atoms with Crippen LogP contribution in [0.1, 0.15) is 51.4 Å². The lowest BCUT2D eigenvalue weighted by Crippen LogP contribution is -2.77. The average molecular weight is 509 g/mol. The number of carbonyl (C=O) groups excluding carboxylic acids is 4. The second kappa shape index (κ2) is 8.20. The van der Waals surface area contributed by atoms with Crippen molar-refractivity contribution >= 4 is 23.5 Å². The molecule has 0 radical (unpaired) electrons. The Morgan fingerprint density at radius 1 is 1.11 bits per heavy atom. The van der Waals surface area contributed by atoms with E-state index in [1.165, 1.54) is 13.0 Å². The van der Waals surface area contributed by atoms with Gasteiger partial charge in [0.15, 0.2) is 11.4 Å². The number of ketones is 2. The summed E-state index contributed by atoms with van der Waals surface area (Å²) in [5.74, 6) is -3.52. The van der Waals surface area contributed by atoms with Gasteiger partial charge in [0.2, 0.25) is 0 Å². The maximum Gasteiger partial charge on any atom is 0.338 e. The van der Waals surface area contributed by atoms with Crippen LogP contribution in [0.5, 0.6) is 0 Å². The van der Waals surface area contributed by atoms with Crippen molar-refractivity contribution in [3.8, 4) is 0 Å². The summed E-state index contributed by atoms with van der Waals surface area (Å²) >= 11 is 0. The number of ether oxygens (including phenoxy) is 3. The van der Waals surface area contributed by atoms with Crippen LogP contribution in [0.4, 0.5) is 0 Å². The van der Waals surface area contributed by atoms with E-state index in [0.29, 0.717) is 5.57 Å². The Hall–Kier alpha value is -3.10. The molecule has 196 valence electrons. The first kappa shape index (κ1) is 25.5. The Morgan fingerprint density at radius 2 is 1.78 bits per heavy atom. The Bertz CT molecular complexity index is 1250. The van der Waals surface area contributed by atoms with Gasteiger partial charge in [-0.25, -0.2) is 4.79 Å². The van der Waals surface area contributed by atoms with Crippen LogP contribution in [0.2, 0.25) is 0 Å². The molecule has 0 unspecified atom stereocenters. The van der Waals surface area contributed by atoms with E-state index in [9.17, 15) is 24.3 Å². The van der Waals surface area contributed by atoms with Crippen LogP contribution in [-0.4, -0.2) is 58.6 Å². The van der Waals surface area contributed by atoms with E-state index in [2.05, 4.69) is 0 Å². The van der Waals surface area contributed by atoms with Gasteiger partial charge in [0, 0.05) is 24.7 Å². The molecule has 2 fully saturated rings. The third-order valence-electron chi connectivity index (χ3n) is 9.13. The summed E-state index contributed by atoms with van der Waals surface area (Å²) in [7, 11) is 0. The van der Waals surface area contributed by atoms with Crippen molar-refractivity contribution in [2.75, 3.05) is 6.61 Å². The molecule has 0 spiro atoms. The molecule has 4 aliphatic rings. The van der Waals surface area contributed by atoms with Gasteiger partial charge in [-0.2, -0.15) is 0 Å². The van der Waals surface area contributed by atoms with Gasteiger partial charge in [0.05, 0.1) is 23.5 Å². The normalized spacial score (nSPS) is 41.1. The van der Waals surface area contributed by atoms with E-state index in [-0.39, 0.29) is 30.2 Å². The molecule has 7 atom stereocenters. The highest BCUT2D eigenvalue weighted by Crippen LogP contribution is 2.61. The molecule has 0 aromatic heterocycles. The number of hydrogen-bond donors (Lipinski definition) is 1. The van der Waals surface area contributed by atoms with Crippen LogP contribution in [0.15, 0.2) is 54.1 Å². The Balaban J connectivity index is 1.78. The Kier molecular flexibility index (Phi) is 5.66. The highest BCUT2D eigenvalue weighted by atomic mass is 16.6. The molecule has 5 rings (SSSR count). The summed E-state index contributed by atoms with van der Waals surface area (Å²) in [5.41, 5.74) is -5.00. The fourth-order valence-corrected chi connectivity index (χ4v) is 6.81. The Labute approximate surface area is 215 Å². The predicted octanol–water partition coefficient (Wildman–Crippen LogP) is 2.98. The average Bonchev–Trinajstić information content (AvgIpc) is 2.82. The minimum Gasteiger partial charge on any atom is -0.455 e. The van der Waals surface area contributed by atoms with Crippen molar-refractivity contribution in [3.05, 3.63) is 59.7 Å². The largest absolute Gasteiger partial charge is 0.455 e. The van der Waals surface area contributed by atoms with Gasteiger partial charge in [0.25, 0.3) is 0 Å². The number of benzene rings is 1. The van der Waals surface area contributed by atoms with Crippen LogP contribution >= 0.6 is 0 Å². The summed E-state index contributed by atoms with van der Waals surface area (Å²) < 4.78 is 17.8. The number of allylic oxidation sites excluding steroid dienone is 2. The quantitative estimate of drug-likeness (QED) is 0.489. The van der Waals surface area contributed by atoms with E-state index in [1.54, 1.807) is 70.2 Å². The minimum absolute atomic E-state index is 0.0497. The first-order valence-electron chi connectivity index (χ1n) is 12.6. The van der Waals surface area contributed by atoms with Crippen molar-refractivity contribution in [1.82, 2.24) is 0 Å². The van der Waals surface area contributed by atoms with Crippen molar-refractivity contribution in [2.24, 2.45) is 22.7 Å². The molecule has 0 amide bonds. The van der Waals surface area contributed by atoms with E-state index in [4.69, 9.17) is 14.2 Å². The fraction of sp³-hybridized carbons (Fsp3) is 0.517. The Morgan fingerprint density at radius 3 is 2.38 bits per heavy atom. The first-order valence-corrected chi connectivity index (χ1v) is 12.6. The van der Waals surface area contributed by atoms with Gasteiger partial charge in [0.1, 0.15) is 23.6 Å². The molecule has 3 aliphatic carbocycles. The van der Waals surface area contributed by atoms with Gasteiger partial charge < -0.3 is 19.3 Å². The monoisotopic (exact) mass is 508 g/mol. The van der Waals surface area contributed by atoms with Gasteiger partial charge in [-0.1, -0.05) is 51.1 Å². The lowest BCUT2D eigenvalue weighted by atomic mass is 9.47. The zero-order valence-electron chi connectivity index (χ0n) is 21.6. The molecule has 1 aromatic rings. The van der Waals surface area contributed by atoms with Gasteiger partial charge in [-0.3, -0.25) is 14.4 Å². The van der Waals surface area contributed by atoms with Crippen LogP contribution < -0.4 is 0 Å². The number of aliphatic hydroxyl groups is 1. The van der Waals surface area contributed by atoms with Crippen LogP contribution in [0, 0.1) is 22.7 Å². The third-order valence-corrected chi connectivity index (χ3v) is 9.13. The molecule has 8 nitrogen and oxygen atoms in total. The summed E-state index contributed by atoms with van der Waals surface area (Å²) in [6, 6.07) is 8.31. The number of rotatable bonds is 3. The van der Waals surface area contributed by atoms with Crippen LogP contribution in [0.3, 0.4) is 0 Å². The van der Waals surface area contributed by atoms with Crippen molar-refractivity contribution < 1.29 is 38.5 Å². The van der Waals surface area contributed by atoms with E-state index in [1.807, 2.05) is 0 Å². The predicted molar refractivity (Wildman–Crippen MR) is 131 cm³/mol. The zero-order valence-corrected chi connectivity index (χ0v) is 21.6. The summed E-state index contributed by atoms with van der Waals surface area (Å²) in [4.78, 5) is 53.1. The smallest absolute Gasteiger partial charge is 0.338 e. The molecule has 1 heterocycles. The number of carbonyl (C=O) groups is 4. The maximum absolute atomic E-state index is 14.0. The lowest BCUT2D eigenvalue weighted by molar-refractivity contribution is -0.302. The van der Waals surface area contributed by atoms with Crippen molar-refractivity contribution in [3.63, 3.8) is 0 Å². The van der Waals surface area contributed by atoms with Gasteiger partial charge in [-0.15, -0.1) is 0 Å². The molecule has 2 bridgehead atoms. The molecule has 1 aliphatic heterocycles. The number of fused-ring (bicyclic) bond motifs is 5. The molecule has 1 aromatic carbocycles. The van der Waals surface area contributed by atoms with Crippen molar-refractivity contribution in [1.29, 1.82) is 0 Å². The summed E-state index contributed by atoms with van der Waals surface area (Å²) in [5, 5.41) is 12.5. The lowest BCUT2D eigenvalue weighted by Gasteiger charge is -2.63. The van der Waals surface area contributed by atoms with E-state index in [0.717, 1.165) is 0 Å². The molecule has 1 saturated heterocycles. The summed E-state index contributed by atoms with van der Waals surface area (Å²) in [6.45, 7) is 8.15. The SMILES string of the molecule is CC(=O)O[C@@]12CO[C@@H]1C=C[C@@]1(C)C(=O)/C=C3/[C@@H](C)C(=O)C[C@@](O)([C@@H](OC(=O)c4ccccc4)[C@H]21)C3(C)C. The molecule has 1 N–H and O–H groups in total. The highest BCUT2D eigenvalue weighted by molar-refractivity contribution is 6.00. The third kappa shape index (κ3) is 3.42. The number of Topliss-reactive ketones (excluding diaryl/α,β-unsaturated/α-hetero) is 1. The maximum atomic E-state index is 14.0. The van der Waals surface area contributed by atoms with Crippen LogP contribution in [0.25, 0.3) is 0 Å². The summed E-state index contributed by atoms with van der Waals surface area (Å²) in [6.07, 6.45) is 2.46. The second-order valence-electron chi connectivity index (χ2n) is 11.5. The van der Waals surface area contributed by atoms with E-state index < -0.39 is 58.0 Å². The van der Waals surface area contributed by atoms with Crippen molar-refractivity contribution in [2.45, 2.75) is 64.4 Å². The molecule has 37 heavy (non-hydrogen) atoms. The molecular weight excluding hydrogens is 476 g/mol. The fourth-order valence-electron chi connectivity index (χ4n) is 6.81. The topological polar surface area (TPSA) is 116 Å². The molecule has 1 saturated carbocycles. The van der Waals surface area contributed by atoms with Gasteiger partial charge in [-0.05, 0) is 30.7 Å². The van der Waals surface area contributed by atoms with Gasteiger partial charge >= 0.3 is 11.9 Å². The molecule has 8 heteroatoms. The van der Waals surface area contributed by atoms with E-state index >= 15 is 0 Å². The first-order chi connectivity index (χ1) is 17.3. The standard InChI is InChI=1S/C29H32O8/c1-16-19-13-21(32)27(5)12-11-22-28(15-35-22,37-17(2)30)23(27)24(29(34,14-20(16)31)26(19,3)4)36-25(33)18-9-7-6-8-10-18/h6-13,16,22-24,34H,14-15H2,1-5H3/b19-13-/t16-,22-,23+,24+,27+,28+,29-/m1/s1. The second-order valence-corrected chi connectivity index (χ2v) is 11.5. The number of esters is 2. The zero-order chi connectivity index (χ0) is 27.0. The minimum atomic E-state index is -1.90. The number of hydrogen-bond acceptors (Lipinski definition) is 8. The molecular formula is C29H32O8. The highest BCUT2D eigenvalue weighted by Gasteiger charge is 2.73.